The minimum Gasteiger partial charge on any atom is -0.345 e. The maximum Gasteiger partial charge on any atom is 0.253 e. The Morgan fingerprint density at radius 1 is 1.09 bits per heavy atom. The van der Waals surface area contributed by atoms with Crippen molar-refractivity contribution >= 4 is 5.91 Å². The van der Waals surface area contributed by atoms with Crippen LogP contribution in [-0.4, -0.2) is 10.9 Å². The molecule has 3 heteroatoms. The molecule has 1 atom stereocenters. The third-order valence-electron chi connectivity index (χ3n) is 4.17. The van der Waals surface area contributed by atoms with E-state index in [2.05, 4.69) is 55.3 Å². The van der Waals surface area contributed by atoms with Gasteiger partial charge in [0.1, 0.15) is 0 Å². The lowest BCUT2D eigenvalue weighted by molar-refractivity contribution is 0.0924. The molecule has 122 valence electrons. The summed E-state index contributed by atoms with van der Waals surface area (Å²) in [6, 6.07) is 12.2. The molecular formula is C20H26N2O. The normalized spacial score (nSPS) is 12.3. The molecule has 0 aliphatic heterocycles. The molecule has 2 aromatic rings. The minimum atomic E-state index is -0.0618. The van der Waals surface area contributed by atoms with Gasteiger partial charge in [0, 0.05) is 5.69 Å². The van der Waals surface area contributed by atoms with Gasteiger partial charge < -0.3 is 5.32 Å². The molecular weight excluding hydrogens is 284 g/mol. The summed E-state index contributed by atoms with van der Waals surface area (Å²) >= 11 is 0. The van der Waals surface area contributed by atoms with Crippen LogP contribution in [0.2, 0.25) is 0 Å². The van der Waals surface area contributed by atoms with Crippen LogP contribution in [-0.2, 0) is 6.42 Å². The number of amides is 1. The second kappa shape index (κ2) is 7.40. The number of aryl methyl sites for hydroxylation is 3. The van der Waals surface area contributed by atoms with Gasteiger partial charge >= 0.3 is 0 Å². The van der Waals surface area contributed by atoms with Crippen LogP contribution in [0.1, 0.15) is 59.7 Å². The van der Waals surface area contributed by atoms with Crippen molar-refractivity contribution in [2.75, 3.05) is 0 Å². The SMILES string of the molecule is CCc1ccc(C(NC(=O)c2ccc(C)nc2C)C(C)C)cc1. The van der Waals surface area contributed by atoms with Crippen molar-refractivity contribution in [3.05, 3.63) is 64.5 Å². The first-order valence-corrected chi connectivity index (χ1v) is 8.26. The Hall–Kier alpha value is -2.16. The Kier molecular flexibility index (Phi) is 5.54. The Bertz CT molecular complexity index is 675. The molecule has 0 saturated heterocycles. The molecule has 1 aromatic carbocycles. The van der Waals surface area contributed by atoms with Crippen molar-refractivity contribution in [1.82, 2.24) is 10.3 Å². The number of nitrogens with one attached hydrogen (secondary N) is 1. The van der Waals surface area contributed by atoms with E-state index in [0.29, 0.717) is 11.5 Å². The average molecular weight is 310 g/mol. The monoisotopic (exact) mass is 310 g/mol. The molecule has 0 radical (unpaired) electrons. The molecule has 0 aliphatic rings. The zero-order chi connectivity index (χ0) is 17.0. The summed E-state index contributed by atoms with van der Waals surface area (Å²) in [4.78, 5) is 17.0. The molecule has 1 heterocycles. The lowest BCUT2D eigenvalue weighted by Gasteiger charge is -2.23. The summed E-state index contributed by atoms with van der Waals surface area (Å²) in [6.45, 7) is 10.2. The van der Waals surface area contributed by atoms with Gasteiger partial charge in [-0.1, -0.05) is 45.0 Å². The minimum absolute atomic E-state index is 0.00545. The van der Waals surface area contributed by atoms with Crippen LogP contribution in [0.3, 0.4) is 0 Å². The highest BCUT2D eigenvalue weighted by molar-refractivity contribution is 5.95. The van der Waals surface area contributed by atoms with Crippen LogP contribution >= 0.6 is 0 Å². The molecule has 1 unspecified atom stereocenters. The molecule has 2 rings (SSSR count). The zero-order valence-corrected chi connectivity index (χ0v) is 14.7. The van der Waals surface area contributed by atoms with E-state index >= 15 is 0 Å². The van der Waals surface area contributed by atoms with E-state index in [1.807, 2.05) is 26.0 Å². The molecule has 0 bridgehead atoms. The lowest BCUT2D eigenvalue weighted by atomic mass is 9.94. The van der Waals surface area contributed by atoms with Gasteiger partial charge in [0.25, 0.3) is 5.91 Å². The van der Waals surface area contributed by atoms with Gasteiger partial charge in [-0.05, 0) is 49.4 Å². The topological polar surface area (TPSA) is 42.0 Å². The Balaban J connectivity index is 2.23. The van der Waals surface area contributed by atoms with E-state index in [1.165, 1.54) is 5.56 Å². The molecule has 0 saturated carbocycles. The molecule has 0 aliphatic carbocycles. The van der Waals surface area contributed by atoms with Crippen molar-refractivity contribution in [2.45, 2.75) is 47.1 Å². The van der Waals surface area contributed by atoms with Gasteiger partial charge in [0.2, 0.25) is 0 Å². The molecule has 0 spiro atoms. The van der Waals surface area contributed by atoms with Crippen molar-refractivity contribution in [2.24, 2.45) is 5.92 Å². The van der Waals surface area contributed by atoms with Gasteiger partial charge in [-0.25, -0.2) is 0 Å². The van der Waals surface area contributed by atoms with Crippen molar-refractivity contribution in [3.8, 4) is 0 Å². The predicted octanol–water partition coefficient (Wildman–Crippen LogP) is 4.39. The van der Waals surface area contributed by atoms with E-state index < -0.39 is 0 Å². The second-order valence-electron chi connectivity index (χ2n) is 6.38. The number of carbonyl (C=O) groups excluding carboxylic acids is 1. The first-order valence-electron chi connectivity index (χ1n) is 8.26. The summed E-state index contributed by atoms with van der Waals surface area (Å²) in [5, 5.41) is 3.17. The third kappa shape index (κ3) is 4.19. The number of nitrogens with zero attached hydrogens (tertiary/aromatic N) is 1. The van der Waals surface area contributed by atoms with Gasteiger partial charge in [-0.15, -0.1) is 0 Å². The molecule has 0 fully saturated rings. The van der Waals surface area contributed by atoms with E-state index in [0.717, 1.165) is 23.4 Å². The number of hydrogen-bond acceptors (Lipinski definition) is 2. The van der Waals surface area contributed by atoms with Crippen LogP contribution in [0, 0.1) is 19.8 Å². The molecule has 23 heavy (non-hydrogen) atoms. The van der Waals surface area contributed by atoms with Gasteiger partial charge in [-0.2, -0.15) is 0 Å². The Labute approximate surface area is 139 Å². The van der Waals surface area contributed by atoms with E-state index in [1.54, 1.807) is 0 Å². The van der Waals surface area contributed by atoms with Crippen molar-refractivity contribution in [1.29, 1.82) is 0 Å². The van der Waals surface area contributed by atoms with Gasteiger partial charge in [0.05, 0.1) is 17.3 Å². The Morgan fingerprint density at radius 3 is 2.26 bits per heavy atom. The fourth-order valence-corrected chi connectivity index (χ4v) is 2.74. The van der Waals surface area contributed by atoms with Crippen LogP contribution < -0.4 is 5.32 Å². The zero-order valence-electron chi connectivity index (χ0n) is 14.7. The molecule has 3 nitrogen and oxygen atoms in total. The second-order valence-corrected chi connectivity index (χ2v) is 6.38. The number of benzene rings is 1. The highest BCUT2D eigenvalue weighted by Gasteiger charge is 2.20. The average Bonchev–Trinajstić information content (AvgIpc) is 2.52. The van der Waals surface area contributed by atoms with E-state index in [9.17, 15) is 4.79 Å². The largest absolute Gasteiger partial charge is 0.345 e. The fourth-order valence-electron chi connectivity index (χ4n) is 2.74. The van der Waals surface area contributed by atoms with Crippen LogP contribution in [0.4, 0.5) is 0 Å². The van der Waals surface area contributed by atoms with Crippen LogP contribution in [0.15, 0.2) is 36.4 Å². The van der Waals surface area contributed by atoms with E-state index in [4.69, 9.17) is 0 Å². The number of rotatable bonds is 5. The smallest absolute Gasteiger partial charge is 0.253 e. The number of hydrogen-bond donors (Lipinski definition) is 1. The maximum absolute atomic E-state index is 12.6. The van der Waals surface area contributed by atoms with Crippen LogP contribution in [0.25, 0.3) is 0 Å². The quantitative estimate of drug-likeness (QED) is 0.890. The predicted molar refractivity (Wildman–Crippen MR) is 94.6 cm³/mol. The number of pyridine rings is 1. The highest BCUT2D eigenvalue weighted by atomic mass is 16.1. The lowest BCUT2D eigenvalue weighted by Crippen LogP contribution is -2.32. The Morgan fingerprint density at radius 2 is 1.74 bits per heavy atom. The van der Waals surface area contributed by atoms with Gasteiger partial charge in [0.15, 0.2) is 0 Å². The number of aromatic nitrogens is 1. The summed E-state index contributed by atoms with van der Waals surface area (Å²) in [6.07, 6.45) is 1.02. The van der Waals surface area contributed by atoms with Gasteiger partial charge in [-0.3, -0.25) is 9.78 Å². The summed E-state index contributed by atoms with van der Waals surface area (Å²) in [7, 11) is 0. The first kappa shape index (κ1) is 17.2. The highest BCUT2D eigenvalue weighted by Crippen LogP contribution is 2.23. The summed E-state index contributed by atoms with van der Waals surface area (Å²) < 4.78 is 0. The van der Waals surface area contributed by atoms with Crippen molar-refractivity contribution < 1.29 is 4.79 Å². The standard InChI is InChI=1S/C20H26N2O/c1-6-16-8-10-17(11-9-16)19(13(2)3)22-20(23)18-12-7-14(4)21-15(18)5/h7-13,19H,6H2,1-5H3,(H,22,23). The van der Waals surface area contributed by atoms with Crippen molar-refractivity contribution in [3.63, 3.8) is 0 Å². The molecule has 1 aromatic heterocycles. The third-order valence-corrected chi connectivity index (χ3v) is 4.17. The molecule has 1 amide bonds. The summed E-state index contributed by atoms with van der Waals surface area (Å²) in [5.74, 6) is 0.249. The molecule has 1 N–H and O–H groups in total. The fraction of sp³-hybridized carbons (Fsp3) is 0.400. The van der Waals surface area contributed by atoms with Crippen LogP contribution in [0.5, 0.6) is 0 Å². The maximum atomic E-state index is 12.6. The summed E-state index contributed by atoms with van der Waals surface area (Å²) in [5.41, 5.74) is 4.79. The first-order chi connectivity index (χ1) is 10.9. The number of carbonyl (C=O) groups is 1. The van der Waals surface area contributed by atoms with E-state index in [-0.39, 0.29) is 11.9 Å².